The van der Waals surface area contributed by atoms with Crippen LogP contribution in [0.5, 0.6) is 0 Å². The van der Waals surface area contributed by atoms with E-state index in [0.29, 0.717) is 0 Å². The third-order valence-corrected chi connectivity index (χ3v) is 3.02. The van der Waals surface area contributed by atoms with Gasteiger partial charge in [0.1, 0.15) is 11.4 Å². The van der Waals surface area contributed by atoms with Crippen molar-refractivity contribution in [1.82, 2.24) is 9.97 Å². The Morgan fingerprint density at radius 2 is 2.10 bits per heavy atom. The van der Waals surface area contributed by atoms with Gasteiger partial charge in [-0.1, -0.05) is 11.6 Å². The highest BCUT2D eigenvalue weighted by Crippen LogP contribution is 2.26. The second kappa shape index (κ2) is 5.93. The largest absolute Gasteiger partial charge is 0.319 e. The van der Waals surface area contributed by atoms with Crippen LogP contribution in [0, 0.1) is 10.1 Å². The predicted molar refractivity (Wildman–Crippen MR) is 75.8 cm³/mol. The number of pyridine rings is 2. The molecular formula is C11H6BrClN4O3. The lowest BCUT2D eigenvalue weighted by molar-refractivity contribution is -0.385. The summed E-state index contributed by atoms with van der Waals surface area (Å²) in [5.41, 5.74) is -0.719. The summed E-state index contributed by atoms with van der Waals surface area (Å²) in [5.74, 6) is -0.420. The number of nitrogens with zero attached hydrogens (tertiary/aromatic N) is 3. The monoisotopic (exact) mass is 356 g/mol. The first kappa shape index (κ1) is 14.4. The standard InChI is InChI=1S/C11H6BrClN4O3/c12-6-1-2-8(15-5-6)16-11(18)7-3-4-14-10(13)9(7)17(19)20/h1-5H,(H,15,16,18). The number of hydrogen-bond donors (Lipinski definition) is 1. The van der Waals surface area contributed by atoms with Gasteiger partial charge in [-0.05, 0) is 34.1 Å². The molecule has 0 spiro atoms. The van der Waals surface area contributed by atoms with Gasteiger partial charge in [-0.25, -0.2) is 9.97 Å². The van der Waals surface area contributed by atoms with Gasteiger partial charge in [0.05, 0.1) is 4.92 Å². The van der Waals surface area contributed by atoms with Crippen LogP contribution in [0.25, 0.3) is 0 Å². The van der Waals surface area contributed by atoms with Gasteiger partial charge in [-0.15, -0.1) is 0 Å². The number of nitrogens with one attached hydrogen (secondary N) is 1. The molecule has 1 N–H and O–H groups in total. The summed E-state index contributed by atoms with van der Waals surface area (Å²) in [5, 5.41) is 13.0. The fourth-order valence-corrected chi connectivity index (χ4v) is 1.88. The quantitative estimate of drug-likeness (QED) is 0.517. The van der Waals surface area contributed by atoms with Crippen LogP contribution in [-0.4, -0.2) is 20.8 Å². The molecule has 20 heavy (non-hydrogen) atoms. The van der Waals surface area contributed by atoms with Crippen LogP contribution in [-0.2, 0) is 0 Å². The molecule has 2 heterocycles. The van der Waals surface area contributed by atoms with Crippen molar-refractivity contribution in [1.29, 1.82) is 0 Å². The van der Waals surface area contributed by atoms with E-state index < -0.39 is 16.5 Å². The second-order valence-electron chi connectivity index (χ2n) is 3.57. The van der Waals surface area contributed by atoms with E-state index >= 15 is 0 Å². The molecular weight excluding hydrogens is 352 g/mol. The topological polar surface area (TPSA) is 98.0 Å². The SMILES string of the molecule is O=C(Nc1ccc(Br)cn1)c1ccnc(Cl)c1[N+](=O)[O-]. The number of carbonyl (C=O) groups is 1. The highest BCUT2D eigenvalue weighted by molar-refractivity contribution is 9.10. The van der Waals surface area contributed by atoms with E-state index in [-0.39, 0.29) is 16.5 Å². The van der Waals surface area contributed by atoms with E-state index in [1.165, 1.54) is 18.5 Å². The van der Waals surface area contributed by atoms with E-state index in [2.05, 4.69) is 31.2 Å². The van der Waals surface area contributed by atoms with Crippen molar-refractivity contribution in [2.75, 3.05) is 5.32 Å². The number of rotatable bonds is 3. The van der Waals surface area contributed by atoms with Crippen LogP contribution in [0.1, 0.15) is 10.4 Å². The first-order chi connectivity index (χ1) is 9.49. The molecule has 0 saturated heterocycles. The Morgan fingerprint density at radius 3 is 2.70 bits per heavy atom. The van der Waals surface area contributed by atoms with Gasteiger partial charge in [-0.2, -0.15) is 0 Å². The van der Waals surface area contributed by atoms with E-state index in [4.69, 9.17) is 11.6 Å². The fraction of sp³-hybridized carbons (Fsp3) is 0. The normalized spacial score (nSPS) is 10.1. The number of hydrogen-bond acceptors (Lipinski definition) is 5. The van der Waals surface area contributed by atoms with Gasteiger partial charge >= 0.3 is 5.69 Å². The molecule has 0 saturated carbocycles. The summed E-state index contributed by atoms with van der Waals surface area (Å²) in [6.45, 7) is 0. The summed E-state index contributed by atoms with van der Waals surface area (Å²) in [4.78, 5) is 29.7. The van der Waals surface area contributed by atoms with Crippen molar-refractivity contribution in [3.63, 3.8) is 0 Å². The lowest BCUT2D eigenvalue weighted by Gasteiger charge is -2.05. The molecule has 0 bridgehead atoms. The molecule has 2 rings (SSSR count). The molecule has 0 aromatic carbocycles. The summed E-state index contributed by atoms with van der Waals surface area (Å²) >= 11 is 8.84. The number of halogens is 2. The minimum Gasteiger partial charge on any atom is -0.306 e. The van der Waals surface area contributed by atoms with Gasteiger partial charge in [-0.3, -0.25) is 14.9 Å². The van der Waals surface area contributed by atoms with Crippen LogP contribution in [0.15, 0.2) is 35.1 Å². The van der Waals surface area contributed by atoms with Crippen LogP contribution in [0.3, 0.4) is 0 Å². The average molecular weight is 358 g/mol. The second-order valence-corrected chi connectivity index (χ2v) is 4.84. The van der Waals surface area contributed by atoms with Crippen LogP contribution < -0.4 is 5.32 Å². The van der Waals surface area contributed by atoms with E-state index in [1.54, 1.807) is 12.1 Å². The number of carbonyl (C=O) groups excluding carboxylic acids is 1. The van der Waals surface area contributed by atoms with Crippen LogP contribution in [0.4, 0.5) is 11.5 Å². The Bertz CT molecular complexity index is 678. The smallest absolute Gasteiger partial charge is 0.306 e. The predicted octanol–water partition coefficient (Wildman–Crippen LogP) is 3.05. The average Bonchev–Trinajstić information content (AvgIpc) is 2.40. The van der Waals surface area contributed by atoms with Crippen LogP contribution in [0.2, 0.25) is 5.15 Å². The van der Waals surface area contributed by atoms with Crippen LogP contribution >= 0.6 is 27.5 Å². The minimum atomic E-state index is -0.751. The van der Waals surface area contributed by atoms with Crippen molar-refractivity contribution in [2.45, 2.75) is 0 Å². The Labute approximate surface area is 126 Å². The van der Waals surface area contributed by atoms with Gasteiger partial charge in [0, 0.05) is 16.9 Å². The third kappa shape index (κ3) is 3.09. The van der Waals surface area contributed by atoms with Gasteiger partial charge in [0.15, 0.2) is 0 Å². The van der Waals surface area contributed by atoms with Gasteiger partial charge < -0.3 is 5.32 Å². The minimum absolute atomic E-state index is 0.181. The van der Waals surface area contributed by atoms with Gasteiger partial charge in [0.2, 0.25) is 5.15 Å². The molecule has 9 heteroatoms. The maximum Gasteiger partial charge on any atom is 0.319 e. The Kier molecular flexibility index (Phi) is 4.26. The lowest BCUT2D eigenvalue weighted by atomic mass is 10.2. The zero-order chi connectivity index (χ0) is 14.7. The molecule has 0 radical (unpaired) electrons. The number of amides is 1. The van der Waals surface area contributed by atoms with E-state index in [0.717, 1.165) is 4.47 Å². The molecule has 0 atom stereocenters. The zero-order valence-electron chi connectivity index (χ0n) is 9.71. The number of anilines is 1. The lowest BCUT2D eigenvalue weighted by Crippen LogP contribution is -2.15. The maximum atomic E-state index is 12.0. The summed E-state index contributed by atoms with van der Waals surface area (Å²) in [6, 6.07) is 4.45. The molecule has 0 unspecified atom stereocenters. The molecule has 7 nitrogen and oxygen atoms in total. The Hall–Kier alpha value is -2.06. The first-order valence-electron chi connectivity index (χ1n) is 5.21. The number of nitro groups is 1. The van der Waals surface area contributed by atoms with Gasteiger partial charge in [0.25, 0.3) is 5.91 Å². The number of aromatic nitrogens is 2. The molecule has 0 aliphatic rings. The fourth-order valence-electron chi connectivity index (χ4n) is 1.42. The zero-order valence-corrected chi connectivity index (χ0v) is 12.1. The van der Waals surface area contributed by atoms with Crippen molar-refractivity contribution in [3.8, 4) is 0 Å². The molecule has 2 aromatic rings. The summed E-state index contributed by atoms with van der Waals surface area (Å²) < 4.78 is 0.744. The third-order valence-electron chi connectivity index (χ3n) is 2.28. The molecule has 102 valence electrons. The summed E-state index contributed by atoms with van der Waals surface area (Å²) in [7, 11) is 0. The molecule has 2 aromatic heterocycles. The molecule has 0 aliphatic heterocycles. The van der Waals surface area contributed by atoms with Crippen molar-refractivity contribution >= 4 is 44.9 Å². The Morgan fingerprint density at radius 1 is 1.35 bits per heavy atom. The van der Waals surface area contributed by atoms with Crippen molar-refractivity contribution in [3.05, 3.63) is 55.9 Å². The molecule has 0 aliphatic carbocycles. The van der Waals surface area contributed by atoms with Crippen molar-refractivity contribution < 1.29 is 9.72 Å². The van der Waals surface area contributed by atoms with E-state index in [9.17, 15) is 14.9 Å². The highest BCUT2D eigenvalue weighted by Gasteiger charge is 2.24. The summed E-state index contributed by atoms with van der Waals surface area (Å²) in [6.07, 6.45) is 2.71. The molecule has 0 fully saturated rings. The maximum absolute atomic E-state index is 12.0. The molecule has 1 amide bonds. The Balaban J connectivity index is 2.32. The van der Waals surface area contributed by atoms with E-state index in [1.807, 2.05) is 0 Å². The first-order valence-corrected chi connectivity index (χ1v) is 6.38. The van der Waals surface area contributed by atoms with Crippen molar-refractivity contribution in [2.24, 2.45) is 0 Å². The highest BCUT2D eigenvalue weighted by atomic mass is 79.9.